The van der Waals surface area contributed by atoms with E-state index in [4.69, 9.17) is 16.3 Å². The van der Waals surface area contributed by atoms with Crippen LogP contribution >= 0.6 is 11.6 Å². The van der Waals surface area contributed by atoms with Gasteiger partial charge in [0.1, 0.15) is 5.82 Å². The molecule has 8 heteroatoms. The number of halogens is 2. The van der Waals surface area contributed by atoms with Crippen LogP contribution in [-0.2, 0) is 9.53 Å². The molecular weight excluding hydrogens is 373 g/mol. The predicted octanol–water partition coefficient (Wildman–Crippen LogP) is 3.83. The lowest BCUT2D eigenvalue weighted by molar-refractivity contribution is -0.119. The van der Waals surface area contributed by atoms with Gasteiger partial charge in [0.2, 0.25) is 0 Å². The van der Waals surface area contributed by atoms with Crippen LogP contribution in [0.1, 0.15) is 21.7 Å². The van der Waals surface area contributed by atoms with Gasteiger partial charge in [-0.05, 0) is 50.2 Å². The number of carbonyl (C=O) groups is 2. The molecule has 6 nitrogen and oxygen atoms in total. The van der Waals surface area contributed by atoms with Gasteiger partial charge in [0.15, 0.2) is 6.61 Å². The zero-order valence-corrected chi connectivity index (χ0v) is 15.3. The molecule has 0 bridgehead atoms. The molecular formula is C19H15ClFN3O3. The van der Waals surface area contributed by atoms with Crippen LogP contribution in [0.5, 0.6) is 0 Å². The minimum Gasteiger partial charge on any atom is -0.452 e. The van der Waals surface area contributed by atoms with Crippen molar-refractivity contribution in [3.63, 3.8) is 0 Å². The molecule has 0 aliphatic carbocycles. The van der Waals surface area contributed by atoms with Crippen LogP contribution < -0.4 is 5.32 Å². The average Bonchev–Trinajstić information content (AvgIpc) is 2.63. The van der Waals surface area contributed by atoms with Crippen LogP contribution in [0.2, 0.25) is 5.02 Å². The Labute approximate surface area is 159 Å². The first-order chi connectivity index (χ1) is 12.8. The second kappa shape index (κ2) is 7.67. The number of benzene rings is 2. The molecule has 0 spiro atoms. The summed E-state index contributed by atoms with van der Waals surface area (Å²) >= 11 is 5.65. The quantitative estimate of drug-likeness (QED) is 0.688. The van der Waals surface area contributed by atoms with Crippen LogP contribution in [0.25, 0.3) is 11.0 Å². The SMILES string of the molecule is Cc1nc2ccc(C(=O)OCC(=O)Nc3ccc(F)c(Cl)c3)cc2nc1C. The first kappa shape index (κ1) is 18.7. The number of amides is 1. The lowest BCUT2D eigenvalue weighted by Crippen LogP contribution is -2.21. The topological polar surface area (TPSA) is 81.2 Å². The molecule has 2 aromatic carbocycles. The second-order valence-corrected chi connectivity index (χ2v) is 6.26. The monoisotopic (exact) mass is 387 g/mol. The number of aryl methyl sites for hydroxylation is 2. The number of rotatable bonds is 4. The van der Waals surface area contributed by atoms with Gasteiger partial charge in [0, 0.05) is 5.69 Å². The van der Waals surface area contributed by atoms with Gasteiger partial charge in [-0.15, -0.1) is 0 Å². The van der Waals surface area contributed by atoms with E-state index in [1.54, 1.807) is 18.2 Å². The summed E-state index contributed by atoms with van der Waals surface area (Å²) < 4.78 is 18.1. The summed E-state index contributed by atoms with van der Waals surface area (Å²) in [4.78, 5) is 32.9. The fraction of sp³-hybridized carbons (Fsp3) is 0.158. The Hall–Kier alpha value is -3.06. The van der Waals surface area contributed by atoms with E-state index < -0.39 is 24.3 Å². The Morgan fingerprint density at radius 1 is 1.07 bits per heavy atom. The third-order valence-corrected chi connectivity index (χ3v) is 4.14. The zero-order chi connectivity index (χ0) is 19.6. The van der Waals surface area contributed by atoms with Crippen molar-refractivity contribution in [1.82, 2.24) is 9.97 Å². The van der Waals surface area contributed by atoms with E-state index in [2.05, 4.69) is 15.3 Å². The second-order valence-electron chi connectivity index (χ2n) is 5.85. The smallest absolute Gasteiger partial charge is 0.338 e. The highest BCUT2D eigenvalue weighted by Crippen LogP contribution is 2.19. The summed E-state index contributed by atoms with van der Waals surface area (Å²) in [6, 6.07) is 8.55. The molecule has 3 rings (SSSR count). The minimum atomic E-state index is -0.663. The minimum absolute atomic E-state index is 0.118. The molecule has 0 aliphatic heterocycles. The molecule has 0 aliphatic rings. The molecule has 0 unspecified atom stereocenters. The van der Waals surface area contributed by atoms with Crippen molar-refractivity contribution in [2.45, 2.75) is 13.8 Å². The first-order valence-electron chi connectivity index (χ1n) is 8.00. The summed E-state index contributed by atoms with van der Waals surface area (Å²) in [5.41, 5.74) is 3.38. The zero-order valence-electron chi connectivity index (χ0n) is 14.5. The maximum atomic E-state index is 13.1. The van der Waals surface area contributed by atoms with Crippen molar-refractivity contribution in [3.8, 4) is 0 Å². The Kier molecular flexibility index (Phi) is 5.32. The Balaban J connectivity index is 1.64. The molecule has 1 aromatic heterocycles. The van der Waals surface area contributed by atoms with E-state index in [0.717, 1.165) is 17.5 Å². The summed E-state index contributed by atoms with van der Waals surface area (Å²) in [7, 11) is 0. The van der Waals surface area contributed by atoms with E-state index >= 15 is 0 Å². The van der Waals surface area contributed by atoms with Crippen LogP contribution in [0.3, 0.4) is 0 Å². The Bertz CT molecular complexity index is 1060. The molecule has 3 aromatic rings. The van der Waals surface area contributed by atoms with Crippen molar-refractivity contribution in [1.29, 1.82) is 0 Å². The van der Waals surface area contributed by atoms with Crippen molar-refractivity contribution < 1.29 is 18.7 Å². The van der Waals surface area contributed by atoms with Crippen LogP contribution in [0.15, 0.2) is 36.4 Å². The molecule has 27 heavy (non-hydrogen) atoms. The van der Waals surface area contributed by atoms with E-state index in [-0.39, 0.29) is 10.6 Å². The van der Waals surface area contributed by atoms with E-state index in [9.17, 15) is 14.0 Å². The largest absolute Gasteiger partial charge is 0.452 e. The summed E-state index contributed by atoms with van der Waals surface area (Å²) in [5.74, 6) is -1.83. The molecule has 1 amide bonds. The fourth-order valence-corrected chi connectivity index (χ4v) is 2.52. The van der Waals surface area contributed by atoms with Gasteiger partial charge in [-0.1, -0.05) is 11.6 Å². The summed E-state index contributed by atoms with van der Waals surface area (Å²) in [6.07, 6.45) is 0. The highest BCUT2D eigenvalue weighted by atomic mass is 35.5. The Morgan fingerprint density at radius 2 is 1.78 bits per heavy atom. The van der Waals surface area contributed by atoms with Crippen LogP contribution in [0.4, 0.5) is 10.1 Å². The number of anilines is 1. The number of esters is 1. The van der Waals surface area contributed by atoms with Gasteiger partial charge in [0.25, 0.3) is 5.91 Å². The van der Waals surface area contributed by atoms with Gasteiger partial charge in [-0.25, -0.2) is 19.2 Å². The van der Waals surface area contributed by atoms with E-state index in [1.807, 2.05) is 13.8 Å². The molecule has 0 atom stereocenters. The highest BCUT2D eigenvalue weighted by molar-refractivity contribution is 6.31. The van der Waals surface area contributed by atoms with E-state index in [0.29, 0.717) is 16.7 Å². The van der Waals surface area contributed by atoms with Crippen molar-refractivity contribution in [2.75, 3.05) is 11.9 Å². The first-order valence-corrected chi connectivity index (χ1v) is 8.38. The number of aromatic nitrogens is 2. The van der Waals surface area contributed by atoms with E-state index in [1.165, 1.54) is 12.1 Å². The van der Waals surface area contributed by atoms with Gasteiger partial charge in [-0.2, -0.15) is 0 Å². The molecule has 1 N–H and O–H groups in total. The molecule has 1 heterocycles. The molecule has 138 valence electrons. The third-order valence-electron chi connectivity index (χ3n) is 3.85. The number of nitrogens with one attached hydrogen (secondary N) is 1. The van der Waals surface area contributed by atoms with Gasteiger partial charge >= 0.3 is 5.97 Å². The third kappa shape index (κ3) is 4.38. The number of carbonyl (C=O) groups excluding carboxylic acids is 2. The average molecular weight is 388 g/mol. The maximum Gasteiger partial charge on any atom is 0.338 e. The number of hydrogen-bond donors (Lipinski definition) is 1. The van der Waals surface area contributed by atoms with Gasteiger partial charge in [-0.3, -0.25) is 4.79 Å². The fourth-order valence-electron chi connectivity index (χ4n) is 2.34. The predicted molar refractivity (Wildman–Crippen MR) is 99.3 cm³/mol. The van der Waals surface area contributed by atoms with Crippen molar-refractivity contribution in [2.24, 2.45) is 0 Å². The normalized spacial score (nSPS) is 10.7. The number of ether oxygens (including phenoxy) is 1. The van der Waals surface area contributed by atoms with Crippen LogP contribution in [-0.4, -0.2) is 28.5 Å². The van der Waals surface area contributed by atoms with Crippen LogP contribution in [0, 0.1) is 19.7 Å². The van der Waals surface area contributed by atoms with Crippen molar-refractivity contribution >= 4 is 40.2 Å². The standard InChI is InChI=1S/C19H15ClFN3O3/c1-10-11(2)23-17-7-12(3-6-16(17)22-10)19(26)27-9-18(25)24-13-4-5-15(21)14(20)8-13/h3-8H,9H2,1-2H3,(H,24,25). The molecule has 0 saturated heterocycles. The van der Waals surface area contributed by atoms with Gasteiger partial charge in [0.05, 0.1) is 33.0 Å². The Morgan fingerprint density at radius 3 is 2.48 bits per heavy atom. The van der Waals surface area contributed by atoms with Gasteiger partial charge < -0.3 is 10.1 Å². The molecule has 0 saturated carbocycles. The lowest BCUT2D eigenvalue weighted by Gasteiger charge is -2.08. The molecule has 0 radical (unpaired) electrons. The number of fused-ring (bicyclic) bond motifs is 1. The summed E-state index contributed by atoms with van der Waals surface area (Å²) in [5, 5.41) is 2.35. The maximum absolute atomic E-state index is 13.1. The lowest BCUT2D eigenvalue weighted by atomic mass is 10.2. The number of hydrogen-bond acceptors (Lipinski definition) is 5. The summed E-state index contributed by atoms with van der Waals surface area (Å²) in [6.45, 7) is 3.19. The molecule has 0 fully saturated rings. The highest BCUT2D eigenvalue weighted by Gasteiger charge is 2.13. The van der Waals surface area contributed by atoms with Crippen molar-refractivity contribution in [3.05, 3.63) is 64.2 Å². The number of nitrogens with zero attached hydrogens (tertiary/aromatic N) is 2.